The number of amides is 1. The Balaban J connectivity index is 2.09. The van der Waals surface area contributed by atoms with Gasteiger partial charge in [-0.2, -0.15) is 8.78 Å². The van der Waals surface area contributed by atoms with Gasteiger partial charge in [-0.3, -0.25) is 9.78 Å². The Bertz CT molecular complexity index is 717. The summed E-state index contributed by atoms with van der Waals surface area (Å²) in [7, 11) is 0. The second-order valence-corrected chi connectivity index (χ2v) is 5.20. The highest BCUT2D eigenvalue weighted by Crippen LogP contribution is 2.47. The molecule has 22 heavy (non-hydrogen) atoms. The van der Waals surface area contributed by atoms with Crippen LogP contribution in [0.1, 0.15) is 29.8 Å². The fraction of sp³-hybridized carbons (Fsp3) is 0.250. The lowest BCUT2D eigenvalue weighted by Crippen LogP contribution is -2.34. The fourth-order valence-electron chi connectivity index (χ4n) is 2.67. The van der Waals surface area contributed by atoms with E-state index in [1.807, 2.05) is 0 Å². The monoisotopic (exact) mass is 304 g/mol. The van der Waals surface area contributed by atoms with Crippen molar-refractivity contribution in [2.75, 3.05) is 4.90 Å². The van der Waals surface area contributed by atoms with Crippen LogP contribution < -0.4 is 4.90 Å². The maximum absolute atomic E-state index is 14.4. The summed E-state index contributed by atoms with van der Waals surface area (Å²) in [5.74, 6) is -4.93. The normalized spacial score (nSPS) is 17.5. The number of alkyl halides is 2. The van der Waals surface area contributed by atoms with E-state index in [1.165, 1.54) is 19.1 Å². The van der Waals surface area contributed by atoms with Crippen LogP contribution in [0.3, 0.4) is 0 Å². The molecule has 6 heteroatoms. The number of fused-ring (bicyclic) bond motifs is 1. The van der Waals surface area contributed by atoms with Crippen molar-refractivity contribution in [3.8, 4) is 0 Å². The molecule has 1 amide bonds. The van der Waals surface area contributed by atoms with Gasteiger partial charge in [-0.05, 0) is 30.7 Å². The molecule has 1 N–H and O–H groups in total. The molecule has 1 aliphatic rings. The topological polar surface area (TPSA) is 53.4 Å². The van der Waals surface area contributed by atoms with Crippen molar-refractivity contribution in [2.24, 2.45) is 0 Å². The average molecular weight is 304 g/mol. The van der Waals surface area contributed by atoms with E-state index in [4.69, 9.17) is 0 Å². The minimum absolute atomic E-state index is 0.0362. The van der Waals surface area contributed by atoms with Crippen LogP contribution in [0.5, 0.6) is 0 Å². The first-order chi connectivity index (χ1) is 10.4. The van der Waals surface area contributed by atoms with E-state index in [0.717, 1.165) is 4.90 Å². The number of hydrogen-bond donors (Lipinski definition) is 1. The third-order valence-corrected chi connectivity index (χ3v) is 3.69. The number of hydrogen-bond acceptors (Lipinski definition) is 3. The van der Waals surface area contributed by atoms with Crippen LogP contribution >= 0.6 is 0 Å². The minimum atomic E-state index is -3.64. The Kier molecular flexibility index (Phi) is 3.41. The van der Waals surface area contributed by atoms with E-state index < -0.39 is 23.5 Å². The van der Waals surface area contributed by atoms with E-state index in [0.29, 0.717) is 5.69 Å². The molecule has 0 fully saturated rings. The summed E-state index contributed by atoms with van der Waals surface area (Å²) in [6, 6.07) is 9.54. The van der Waals surface area contributed by atoms with Gasteiger partial charge in [0.15, 0.2) is 0 Å². The zero-order valence-electron chi connectivity index (χ0n) is 11.8. The first-order valence-corrected chi connectivity index (χ1v) is 6.84. The summed E-state index contributed by atoms with van der Waals surface area (Å²) < 4.78 is 28.8. The second-order valence-electron chi connectivity index (χ2n) is 5.20. The van der Waals surface area contributed by atoms with Crippen LogP contribution in [0.4, 0.5) is 14.5 Å². The van der Waals surface area contributed by atoms with E-state index >= 15 is 0 Å². The smallest absolute Gasteiger partial charge is 0.352 e. The zero-order valence-corrected chi connectivity index (χ0v) is 11.8. The molecule has 1 aliphatic heterocycles. The molecule has 4 nitrogen and oxygen atoms in total. The molecular weight excluding hydrogens is 290 g/mol. The number of anilines is 1. The van der Waals surface area contributed by atoms with Crippen molar-refractivity contribution >= 4 is 11.6 Å². The molecule has 1 aromatic carbocycles. The minimum Gasteiger partial charge on any atom is -0.389 e. The summed E-state index contributed by atoms with van der Waals surface area (Å²) in [6.07, 6.45) is 0.463. The van der Waals surface area contributed by atoms with Crippen molar-refractivity contribution in [3.63, 3.8) is 0 Å². The number of aliphatic hydroxyl groups is 1. The van der Waals surface area contributed by atoms with E-state index in [9.17, 15) is 18.7 Å². The number of pyridine rings is 1. The van der Waals surface area contributed by atoms with E-state index in [-0.39, 0.29) is 17.8 Å². The Hall–Kier alpha value is -2.34. The van der Waals surface area contributed by atoms with Crippen molar-refractivity contribution in [2.45, 2.75) is 25.5 Å². The zero-order chi connectivity index (χ0) is 15.9. The maximum Gasteiger partial charge on any atom is 0.352 e. The maximum atomic E-state index is 14.4. The van der Waals surface area contributed by atoms with Gasteiger partial charge in [0.25, 0.3) is 0 Å². The van der Waals surface area contributed by atoms with Gasteiger partial charge in [-0.1, -0.05) is 18.2 Å². The molecule has 3 rings (SSSR count). The number of aliphatic hydroxyl groups excluding tert-OH is 1. The Labute approximate surface area is 126 Å². The third-order valence-electron chi connectivity index (χ3n) is 3.69. The number of aromatic nitrogens is 1. The van der Waals surface area contributed by atoms with Gasteiger partial charge in [-0.15, -0.1) is 0 Å². The molecule has 1 atom stereocenters. The molecule has 0 bridgehead atoms. The summed E-state index contributed by atoms with van der Waals surface area (Å²) in [6.45, 7) is 1.36. The van der Waals surface area contributed by atoms with Crippen molar-refractivity contribution in [1.29, 1.82) is 0 Å². The van der Waals surface area contributed by atoms with Gasteiger partial charge in [0, 0.05) is 6.20 Å². The number of halogens is 2. The molecule has 1 aromatic heterocycles. The van der Waals surface area contributed by atoms with E-state index in [1.54, 1.807) is 30.5 Å². The molecule has 0 spiro atoms. The molecule has 0 saturated carbocycles. The van der Waals surface area contributed by atoms with Gasteiger partial charge in [0.05, 0.1) is 29.6 Å². The summed E-state index contributed by atoms with van der Waals surface area (Å²) in [5.41, 5.74) is 0.298. The van der Waals surface area contributed by atoms with Crippen molar-refractivity contribution in [1.82, 2.24) is 4.98 Å². The van der Waals surface area contributed by atoms with Crippen LogP contribution in [-0.2, 0) is 17.3 Å². The fourth-order valence-corrected chi connectivity index (χ4v) is 2.67. The first-order valence-electron chi connectivity index (χ1n) is 6.84. The standard InChI is InChI=1S/C16H14F2N2O2/c1-10(21)12-6-4-7-13-14(12)16(17,18)15(22)20(13)9-11-5-2-3-8-19-11/h2-8,10,21H,9H2,1H3/t10-/m0/s1. The lowest BCUT2D eigenvalue weighted by atomic mass is 9.98. The van der Waals surface area contributed by atoms with E-state index in [2.05, 4.69) is 4.98 Å². The quantitative estimate of drug-likeness (QED) is 0.948. The van der Waals surface area contributed by atoms with Gasteiger partial charge < -0.3 is 10.0 Å². The van der Waals surface area contributed by atoms with Gasteiger partial charge in [0.1, 0.15) is 0 Å². The molecular formula is C16H14F2N2O2. The molecule has 2 heterocycles. The highest BCUT2D eigenvalue weighted by molar-refractivity contribution is 6.06. The van der Waals surface area contributed by atoms with Crippen LogP contribution in [-0.4, -0.2) is 16.0 Å². The number of rotatable bonds is 3. The highest BCUT2D eigenvalue weighted by Gasteiger charge is 2.54. The molecule has 0 unspecified atom stereocenters. The predicted molar refractivity (Wildman–Crippen MR) is 76.4 cm³/mol. The number of carbonyl (C=O) groups excluding carboxylic acids is 1. The molecule has 0 aliphatic carbocycles. The SMILES string of the molecule is C[C@H](O)c1cccc2c1C(F)(F)C(=O)N2Cc1ccccn1. The summed E-state index contributed by atoms with van der Waals surface area (Å²) >= 11 is 0. The molecule has 0 saturated heterocycles. The van der Waals surface area contributed by atoms with Crippen LogP contribution in [0, 0.1) is 0 Å². The number of nitrogens with zero attached hydrogens (tertiary/aromatic N) is 2. The Morgan fingerprint density at radius 1 is 1.27 bits per heavy atom. The predicted octanol–water partition coefficient (Wildman–Crippen LogP) is 2.77. The summed E-state index contributed by atoms with van der Waals surface area (Å²) in [4.78, 5) is 17.2. The van der Waals surface area contributed by atoms with Crippen molar-refractivity contribution < 1.29 is 18.7 Å². The first kappa shape index (κ1) is 14.6. The number of carbonyl (C=O) groups is 1. The summed E-state index contributed by atoms with van der Waals surface area (Å²) in [5, 5.41) is 9.71. The number of benzene rings is 1. The van der Waals surface area contributed by atoms with Crippen molar-refractivity contribution in [3.05, 3.63) is 59.4 Å². The molecule has 2 aromatic rings. The third kappa shape index (κ3) is 2.16. The highest BCUT2D eigenvalue weighted by atomic mass is 19.3. The van der Waals surface area contributed by atoms with Crippen LogP contribution in [0.2, 0.25) is 0 Å². The Morgan fingerprint density at radius 3 is 2.68 bits per heavy atom. The van der Waals surface area contributed by atoms with Gasteiger partial charge >= 0.3 is 11.8 Å². The average Bonchev–Trinajstić information content (AvgIpc) is 2.69. The lowest BCUT2D eigenvalue weighted by Gasteiger charge is -2.17. The molecule has 114 valence electrons. The van der Waals surface area contributed by atoms with Crippen LogP contribution in [0.15, 0.2) is 42.6 Å². The lowest BCUT2D eigenvalue weighted by molar-refractivity contribution is -0.141. The van der Waals surface area contributed by atoms with Gasteiger partial charge in [0.2, 0.25) is 0 Å². The largest absolute Gasteiger partial charge is 0.389 e. The molecule has 0 radical (unpaired) electrons. The Morgan fingerprint density at radius 2 is 2.05 bits per heavy atom. The second kappa shape index (κ2) is 5.14. The van der Waals surface area contributed by atoms with Crippen LogP contribution in [0.25, 0.3) is 0 Å². The van der Waals surface area contributed by atoms with Gasteiger partial charge in [-0.25, -0.2) is 0 Å².